The summed E-state index contributed by atoms with van der Waals surface area (Å²) in [5.41, 5.74) is 2.28. The Hall–Kier alpha value is -3.42. The molecule has 4 aromatic rings. The average molecular weight is 450 g/mol. The largest absolute Gasteiger partial charge is 0.464 e. The number of rotatable bonds is 6. The van der Waals surface area contributed by atoms with E-state index < -0.39 is 22.1 Å². The number of para-hydroxylation sites is 1. The quantitative estimate of drug-likeness (QED) is 0.440. The van der Waals surface area contributed by atoms with Gasteiger partial charge in [-0.2, -0.15) is 0 Å². The first-order valence-electron chi connectivity index (χ1n) is 10.2. The molecule has 0 aliphatic heterocycles. The summed E-state index contributed by atoms with van der Waals surface area (Å²) in [5, 5.41) is 11.4. The molecule has 32 heavy (non-hydrogen) atoms. The maximum atomic E-state index is 13.8. The molecule has 0 bridgehead atoms. The lowest BCUT2D eigenvalue weighted by Gasteiger charge is -2.16. The summed E-state index contributed by atoms with van der Waals surface area (Å²) in [6.07, 6.45) is -1.65. The fourth-order valence-corrected chi connectivity index (χ4v) is 5.34. The highest BCUT2D eigenvalue weighted by molar-refractivity contribution is 7.90. The summed E-state index contributed by atoms with van der Waals surface area (Å²) < 4.78 is 34.0. The van der Waals surface area contributed by atoms with Crippen LogP contribution in [0.15, 0.2) is 83.8 Å². The number of esters is 1. The highest BCUT2D eigenvalue weighted by Gasteiger charge is 2.33. The van der Waals surface area contributed by atoms with Crippen molar-refractivity contribution in [2.75, 3.05) is 6.61 Å². The number of ether oxygens (including phenoxy) is 1. The van der Waals surface area contributed by atoms with Gasteiger partial charge in [0.05, 0.1) is 22.7 Å². The Morgan fingerprint density at radius 3 is 2.25 bits per heavy atom. The number of hydrogen-bond donors (Lipinski definition) is 1. The molecule has 0 fully saturated rings. The normalized spacial score (nSPS) is 12.6. The Kier molecular flexibility index (Phi) is 5.86. The van der Waals surface area contributed by atoms with E-state index in [2.05, 4.69) is 0 Å². The van der Waals surface area contributed by atoms with Crippen LogP contribution in [-0.4, -0.2) is 30.1 Å². The summed E-state index contributed by atoms with van der Waals surface area (Å²) >= 11 is 0. The van der Waals surface area contributed by atoms with Gasteiger partial charge in [0.25, 0.3) is 10.0 Å². The number of carbonyl (C=O) groups is 1. The van der Waals surface area contributed by atoms with Gasteiger partial charge in [0.2, 0.25) is 0 Å². The number of aliphatic hydroxyl groups is 1. The van der Waals surface area contributed by atoms with Crippen molar-refractivity contribution in [1.29, 1.82) is 0 Å². The molecule has 0 saturated carbocycles. The molecular formula is C25H23NO5S. The predicted octanol–water partition coefficient (Wildman–Crippen LogP) is 4.45. The summed E-state index contributed by atoms with van der Waals surface area (Å²) in [7, 11) is -4.06. The SMILES string of the molecule is CCOC(=O)C(O)c1c(-c2ccccc2)n(S(=O)(=O)c2ccc(C)cc2)c2ccccc12. The zero-order chi connectivity index (χ0) is 22.9. The number of benzene rings is 3. The molecule has 164 valence electrons. The number of aromatic nitrogens is 1. The van der Waals surface area contributed by atoms with Crippen LogP contribution in [0.4, 0.5) is 0 Å². The maximum Gasteiger partial charge on any atom is 0.339 e. The molecule has 1 N–H and O–H groups in total. The zero-order valence-electron chi connectivity index (χ0n) is 17.7. The first-order valence-corrected chi connectivity index (χ1v) is 11.7. The molecule has 6 nitrogen and oxygen atoms in total. The number of carbonyl (C=O) groups excluding carboxylic acids is 1. The van der Waals surface area contributed by atoms with E-state index in [-0.39, 0.29) is 22.8 Å². The summed E-state index contributed by atoms with van der Waals surface area (Å²) in [6, 6.07) is 22.2. The fourth-order valence-electron chi connectivity index (χ4n) is 3.79. The number of aliphatic hydroxyl groups excluding tert-OH is 1. The molecule has 0 spiro atoms. The third kappa shape index (κ3) is 3.70. The molecule has 0 aliphatic carbocycles. The maximum absolute atomic E-state index is 13.8. The van der Waals surface area contributed by atoms with Gasteiger partial charge in [0.15, 0.2) is 6.10 Å². The molecule has 0 amide bonds. The van der Waals surface area contributed by atoms with Gasteiger partial charge in [0.1, 0.15) is 0 Å². The van der Waals surface area contributed by atoms with Gasteiger partial charge >= 0.3 is 5.97 Å². The summed E-state index contributed by atoms with van der Waals surface area (Å²) in [5.74, 6) is -0.833. The second-order valence-electron chi connectivity index (χ2n) is 7.38. The molecule has 1 atom stereocenters. The van der Waals surface area contributed by atoms with E-state index in [1.165, 1.54) is 3.97 Å². The van der Waals surface area contributed by atoms with E-state index in [0.29, 0.717) is 16.5 Å². The first-order chi connectivity index (χ1) is 15.4. The van der Waals surface area contributed by atoms with E-state index in [9.17, 15) is 18.3 Å². The molecule has 0 aliphatic rings. The van der Waals surface area contributed by atoms with Crippen LogP contribution in [0.5, 0.6) is 0 Å². The van der Waals surface area contributed by atoms with Crippen molar-refractivity contribution < 1.29 is 23.1 Å². The number of hydrogen-bond acceptors (Lipinski definition) is 5. The topological polar surface area (TPSA) is 85.6 Å². The lowest BCUT2D eigenvalue weighted by atomic mass is 10.0. The van der Waals surface area contributed by atoms with Crippen molar-refractivity contribution in [2.45, 2.75) is 24.8 Å². The standard InChI is InChI=1S/C25H23NO5S/c1-3-31-25(28)24(27)22-20-11-7-8-12-21(20)26(23(22)18-9-5-4-6-10-18)32(29,30)19-15-13-17(2)14-16-19/h4-16,24,27H,3H2,1-2H3. The van der Waals surface area contributed by atoms with Crippen molar-refractivity contribution in [3.05, 3.63) is 90.0 Å². The van der Waals surface area contributed by atoms with E-state index >= 15 is 0 Å². The third-order valence-electron chi connectivity index (χ3n) is 5.26. The summed E-state index contributed by atoms with van der Waals surface area (Å²) in [6.45, 7) is 3.62. The molecule has 1 heterocycles. The molecule has 7 heteroatoms. The van der Waals surface area contributed by atoms with Crippen molar-refractivity contribution >= 4 is 26.9 Å². The Morgan fingerprint density at radius 2 is 1.59 bits per heavy atom. The molecule has 1 unspecified atom stereocenters. The molecule has 1 aromatic heterocycles. The second kappa shape index (κ2) is 8.61. The van der Waals surface area contributed by atoms with Gasteiger partial charge < -0.3 is 9.84 Å². The highest BCUT2D eigenvalue weighted by atomic mass is 32.2. The number of aryl methyl sites for hydroxylation is 1. The van der Waals surface area contributed by atoms with Gasteiger partial charge in [-0.05, 0) is 37.6 Å². The lowest BCUT2D eigenvalue weighted by molar-refractivity contribution is -0.153. The van der Waals surface area contributed by atoms with Crippen molar-refractivity contribution in [1.82, 2.24) is 3.97 Å². The van der Waals surface area contributed by atoms with Crippen LogP contribution in [0.2, 0.25) is 0 Å². The van der Waals surface area contributed by atoms with Crippen LogP contribution in [0.1, 0.15) is 24.2 Å². The Balaban J connectivity index is 2.11. The Bertz CT molecular complexity index is 1370. The van der Waals surface area contributed by atoms with E-state index in [1.54, 1.807) is 79.7 Å². The first kappa shape index (κ1) is 21.8. The van der Waals surface area contributed by atoms with Crippen LogP contribution in [0, 0.1) is 6.92 Å². The van der Waals surface area contributed by atoms with Crippen LogP contribution in [0.3, 0.4) is 0 Å². The van der Waals surface area contributed by atoms with Crippen LogP contribution >= 0.6 is 0 Å². The molecule has 0 saturated heterocycles. The van der Waals surface area contributed by atoms with E-state index in [0.717, 1.165) is 5.56 Å². The predicted molar refractivity (Wildman–Crippen MR) is 123 cm³/mol. The van der Waals surface area contributed by atoms with Gasteiger partial charge in [-0.1, -0.05) is 66.2 Å². The number of nitrogens with zero attached hydrogens (tertiary/aromatic N) is 1. The third-order valence-corrected chi connectivity index (χ3v) is 6.99. The van der Waals surface area contributed by atoms with Crippen LogP contribution in [0.25, 0.3) is 22.2 Å². The van der Waals surface area contributed by atoms with Crippen LogP contribution in [-0.2, 0) is 19.6 Å². The molecular weight excluding hydrogens is 426 g/mol. The molecule has 4 rings (SSSR count). The Morgan fingerprint density at radius 1 is 0.969 bits per heavy atom. The van der Waals surface area contributed by atoms with E-state index in [4.69, 9.17) is 4.74 Å². The minimum absolute atomic E-state index is 0.0941. The second-order valence-corrected chi connectivity index (χ2v) is 9.17. The summed E-state index contributed by atoms with van der Waals surface area (Å²) in [4.78, 5) is 12.6. The van der Waals surface area contributed by atoms with Gasteiger partial charge in [-0.3, -0.25) is 0 Å². The van der Waals surface area contributed by atoms with Gasteiger partial charge in [0, 0.05) is 10.9 Å². The lowest BCUT2D eigenvalue weighted by Crippen LogP contribution is -2.18. The highest BCUT2D eigenvalue weighted by Crippen LogP contribution is 2.40. The van der Waals surface area contributed by atoms with Crippen molar-refractivity contribution in [3.63, 3.8) is 0 Å². The van der Waals surface area contributed by atoms with Crippen LogP contribution < -0.4 is 0 Å². The molecule has 0 radical (unpaired) electrons. The minimum atomic E-state index is -4.06. The van der Waals surface area contributed by atoms with E-state index in [1.807, 2.05) is 13.0 Å². The van der Waals surface area contributed by atoms with Gasteiger partial charge in [-0.15, -0.1) is 0 Å². The Labute approximate surface area is 186 Å². The number of fused-ring (bicyclic) bond motifs is 1. The smallest absolute Gasteiger partial charge is 0.339 e. The fraction of sp³-hybridized carbons (Fsp3) is 0.160. The van der Waals surface area contributed by atoms with Crippen molar-refractivity contribution in [3.8, 4) is 11.3 Å². The van der Waals surface area contributed by atoms with Crippen molar-refractivity contribution in [2.24, 2.45) is 0 Å². The average Bonchev–Trinajstić information content (AvgIpc) is 3.15. The zero-order valence-corrected chi connectivity index (χ0v) is 18.5. The molecule has 3 aromatic carbocycles. The minimum Gasteiger partial charge on any atom is -0.464 e. The van der Waals surface area contributed by atoms with Gasteiger partial charge in [-0.25, -0.2) is 17.2 Å². The monoisotopic (exact) mass is 449 g/mol.